The summed E-state index contributed by atoms with van der Waals surface area (Å²) in [6.07, 6.45) is 1.59. The smallest absolute Gasteiger partial charge is 0.257 e. The van der Waals surface area contributed by atoms with Gasteiger partial charge in [0.1, 0.15) is 0 Å². The molecule has 3 N–H and O–H groups in total. The molecular formula is C15H17BrN4O. The van der Waals surface area contributed by atoms with Crippen LogP contribution in [0.25, 0.3) is 0 Å². The Morgan fingerprint density at radius 1 is 1.43 bits per heavy atom. The molecule has 0 spiro atoms. The van der Waals surface area contributed by atoms with E-state index in [1.165, 1.54) is 5.56 Å². The van der Waals surface area contributed by atoms with Crippen molar-refractivity contribution < 1.29 is 4.79 Å². The summed E-state index contributed by atoms with van der Waals surface area (Å²) < 4.78 is 0.730. The Morgan fingerprint density at radius 2 is 2.19 bits per heavy atom. The summed E-state index contributed by atoms with van der Waals surface area (Å²) in [7, 11) is 1.76. The van der Waals surface area contributed by atoms with Gasteiger partial charge in [-0.05, 0) is 34.5 Å². The number of nitrogen functional groups attached to an aromatic ring is 1. The van der Waals surface area contributed by atoms with Gasteiger partial charge in [0, 0.05) is 24.3 Å². The highest BCUT2D eigenvalue weighted by Gasteiger charge is 2.17. The summed E-state index contributed by atoms with van der Waals surface area (Å²) in [6, 6.07) is 9.77. The van der Waals surface area contributed by atoms with Crippen LogP contribution in [-0.2, 0) is 6.54 Å². The van der Waals surface area contributed by atoms with E-state index in [-0.39, 0.29) is 5.91 Å². The van der Waals surface area contributed by atoms with Crippen LogP contribution >= 0.6 is 15.9 Å². The number of aromatic nitrogens is 1. The van der Waals surface area contributed by atoms with Crippen molar-refractivity contribution in [1.82, 2.24) is 9.88 Å². The zero-order valence-corrected chi connectivity index (χ0v) is 13.5. The van der Waals surface area contributed by atoms with Gasteiger partial charge in [0.25, 0.3) is 5.91 Å². The number of carbonyl (C=O) groups excluding carboxylic acids is 1. The molecule has 0 unspecified atom stereocenters. The zero-order chi connectivity index (χ0) is 15.4. The molecule has 0 bridgehead atoms. The predicted octanol–water partition coefficient (Wildman–Crippen LogP) is 2.71. The number of benzene rings is 1. The first-order chi connectivity index (χ1) is 10.0. The number of rotatable bonds is 4. The summed E-state index contributed by atoms with van der Waals surface area (Å²) in [4.78, 5) is 18.3. The quantitative estimate of drug-likeness (QED) is 0.658. The average Bonchev–Trinajstić information content (AvgIpc) is 2.46. The van der Waals surface area contributed by atoms with Crippen molar-refractivity contribution in [3.05, 3.63) is 57.7 Å². The van der Waals surface area contributed by atoms with Crippen molar-refractivity contribution in [1.29, 1.82) is 0 Å². The number of hydrogen-bond acceptors (Lipinski definition) is 4. The number of nitrogens with one attached hydrogen (secondary N) is 1. The van der Waals surface area contributed by atoms with Crippen molar-refractivity contribution in [2.75, 3.05) is 12.5 Å². The second kappa shape index (κ2) is 6.69. The van der Waals surface area contributed by atoms with Crippen LogP contribution < -0.4 is 11.3 Å². The topological polar surface area (TPSA) is 71.2 Å². The lowest BCUT2D eigenvalue weighted by Crippen LogP contribution is -2.28. The third-order valence-corrected chi connectivity index (χ3v) is 3.50. The standard InChI is InChI=1S/C15H17BrN4O/c1-10-4-3-5-11(6-10)9-20(2)15(21)13-7-12(16)8-18-14(13)19-17/h3-8H,9,17H2,1-2H3,(H,18,19). The minimum absolute atomic E-state index is 0.141. The molecule has 1 amide bonds. The molecule has 5 nitrogen and oxygen atoms in total. The lowest BCUT2D eigenvalue weighted by atomic mass is 10.1. The molecule has 1 aromatic carbocycles. The van der Waals surface area contributed by atoms with Crippen LogP contribution in [0.15, 0.2) is 41.0 Å². The van der Waals surface area contributed by atoms with E-state index in [4.69, 9.17) is 5.84 Å². The lowest BCUT2D eigenvalue weighted by molar-refractivity contribution is 0.0785. The largest absolute Gasteiger partial charge is 0.337 e. The number of amides is 1. The van der Waals surface area contributed by atoms with Gasteiger partial charge in [-0.2, -0.15) is 0 Å². The van der Waals surface area contributed by atoms with Crippen LogP contribution in [-0.4, -0.2) is 22.8 Å². The lowest BCUT2D eigenvalue weighted by Gasteiger charge is -2.19. The number of nitrogens with zero attached hydrogens (tertiary/aromatic N) is 2. The van der Waals surface area contributed by atoms with E-state index in [1.54, 1.807) is 24.2 Å². The molecular weight excluding hydrogens is 332 g/mol. The molecule has 0 atom stereocenters. The molecule has 2 rings (SSSR count). The maximum Gasteiger partial charge on any atom is 0.257 e. The first kappa shape index (κ1) is 15.5. The third-order valence-electron chi connectivity index (χ3n) is 3.07. The highest BCUT2D eigenvalue weighted by molar-refractivity contribution is 9.10. The highest BCUT2D eigenvalue weighted by Crippen LogP contribution is 2.19. The Balaban J connectivity index is 2.21. The molecule has 2 aromatic rings. The molecule has 21 heavy (non-hydrogen) atoms. The number of nitrogens with two attached hydrogens (primary N) is 1. The van der Waals surface area contributed by atoms with Crippen molar-refractivity contribution >= 4 is 27.7 Å². The van der Waals surface area contributed by atoms with Crippen LogP contribution in [0.5, 0.6) is 0 Å². The number of carbonyl (C=O) groups is 1. The Morgan fingerprint density at radius 3 is 2.86 bits per heavy atom. The normalized spacial score (nSPS) is 10.3. The van der Waals surface area contributed by atoms with Crippen molar-refractivity contribution in [2.24, 2.45) is 5.84 Å². The third kappa shape index (κ3) is 3.80. The van der Waals surface area contributed by atoms with Gasteiger partial charge in [-0.25, -0.2) is 10.8 Å². The summed E-state index contributed by atoms with van der Waals surface area (Å²) in [6.45, 7) is 2.55. The molecule has 110 valence electrons. The SMILES string of the molecule is Cc1cccc(CN(C)C(=O)c2cc(Br)cnc2NN)c1. The number of anilines is 1. The Hall–Kier alpha value is -1.92. The summed E-state index contributed by atoms with van der Waals surface area (Å²) >= 11 is 3.32. The van der Waals surface area contributed by atoms with E-state index in [1.807, 2.05) is 25.1 Å². The summed E-state index contributed by atoms with van der Waals surface area (Å²) in [5.41, 5.74) is 5.13. The average molecular weight is 349 g/mol. The monoisotopic (exact) mass is 348 g/mol. The molecule has 0 aliphatic heterocycles. The number of hydrogen-bond donors (Lipinski definition) is 2. The van der Waals surface area contributed by atoms with Gasteiger partial charge >= 0.3 is 0 Å². The van der Waals surface area contributed by atoms with Crippen LogP contribution in [0, 0.1) is 6.92 Å². The Labute approximate surface area is 132 Å². The van der Waals surface area contributed by atoms with E-state index in [0.717, 1.165) is 10.0 Å². The van der Waals surface area contributed by atoms with Gasteiger partial charge in [-0.15, -0.1) is 0 Å². The maximum absolute atomic E-state index is 12.5. The van der Waals surface area contributed by atoms with Gasteiger partial charge in [0.2, 0.25) is 0 Å². The van der Waals surface area contributed by atoms with Crippen LogP contribution in [0.3, 0.4) is 0 Å². The minimum Gasteiger partial charge on any atom is -0.337 e. The number of aryl methyl sites for hydroxylation is 1. The second-order valence-electron chi connectivity index (χ2n) is 4.84. The van der Waals surface area contributed by atoms with Gasteiger partial charge in [-0.3, -0.25) is 4.79 Å². The molecule has 6 heteroatoms. The Kier molecular flexibility index (Phi) is 4.93. The first-order valence-corrected chi connectivity index (χ1v) is 7.23. The number of pyridine rings is 1. The van der Waals surface area contributed by atoms with E-state index < -0.39 is 0 Å². The van der Waals surface area contributed by atoms with E-state index in [2.05, 4.69) is 32.4 Å². The molecule has 0 radical (unpaired) electrons. The molecule has 0 fully saturated rings. The van der Waals surface area contributed by atoms with Gasteiger partial charge in [0.15, 0.2) is 5.82 Å². The highest BCUT2D eigenvalue weighted by atomic mass is 79.9. The summed E-state index contributed by atoms with van der Waals surface area (Å²) in [5.74, 6) is 5.63. The fraction of sp³-hybridized carbons (Fsp3) is 0.200. The summed E-state index contributed by atoms with van der Waals surface area (Å²) in [5, 5.41) is 0. The van der Waals surface area contributed by atoms with Gasteiger partial charge in [0.05, 0.1) is 5.56 Å². The Bertz CT molecular complexity index is 660. The van der Waals surface area contributed by atoms with E-state index in [0.29, 0.717) is 17.9 Å². The second-order valence-corrected chi connectivity index (χ2v) is 5.76. The fourth-order valence-electron chi connectivity index (χ4n) is 2.08. The maximum atomic E-state index is 12.5. The molecule has 1 aromatic heterocycles. The minimum atomic E-state index is -0.141. The number of hydrazine groups is 1. The first-order valence-electron chi connectivity index (χ1n) is 6.44. The zero-order valence-electron chi connectivity index (χ0n) is 11.9. The fourth-order valence-corrected chi connectivity index (χ4v) is 2.41. The molecule has 0 aliphatic rings. The van der Waals surface area contributed by atoms with Crippen molar-refractivity contribution in [3.8, 4) is 0 Å². The molecule has 0 saturated carbocycles. The van der Waals surface area contributed by atoms with Crippen molar-refractivity contribution in [2.45, 2.75) is 13.5 Å². The molecule has 1 heterocycles. The van der Waals surface area contributed by atoms with Crippen LogP contribution in [0.4, 0.5) is 5.82 Å². The molecule has 0 aliphatic carbocycles. The van der Waals surface area contributed by atoms with E-state index >= 15 is 0 Å². The van der Waals surface area contributed by atoms with Gasteiger partial charge < -0.3 is 10.3 Å². The molecule has 0 saturated heterocycles. The van der Waals surface area contributed by atoms with Crippen LogP contribution in [0.1, 0.15) is 21.5 Å². The number of halogens is 1. The van der Waals surface area contributed by atoms with E-state index in [9.17, 15) is 4.79 Å². The predicted molar refractivity (Wildman–Crippen MR) is 86.7 cm³/mol. The van der Waals surface area contributed by atoms with Crippen LogP contribution in [0.2, 0.25) is 0 Å². The van der Waals surface area contributed by atoms with Crippen molar-refractivity contribution in [3.63, 3.8) is 0 Å². The van der Waals surface area contributed by atoms with Gasteiger partial charge in [-0.1, -0.05) is 29.8 Å².